The Morgan fingerprint density at radius 3 is 2.80 bits per heavy atom. The van der Waals surface area contributed by atoms with Crippen molar-refractivity contribution in [3.8, 4) is 0 Å². The third-order valence-corrected chi connectivity index (χ3v) is 4.53. The SMILES string of the molecule is O=C(CC[C@H]1CCCOC1)N[C@H](c1ccc(F)cc1)c1ccccn1. The lowest BCUT2D eigenvalue weighted by Gasteiger charge is -2.23. The fourth-order valence-corrected chi connectivity index (χ4v) is 3.13. The van der Waals surface area contributed by atoms with Crippen LogP contribution in [0.15, 0.2) is 48.7 Å². The standard InChI is InChI=1S/C20H23FN2O2/c21-17-9-7-16(8-10-17)20(18-5-1-2-12-22-18)23-19(24)11-6-15-4-3-13-25-14-15/h1-2,5,7-10,12,15,20H,3-4,6,11,13-14H2,(H,23,24)/t15-,20-/m1/s1. The van der Waals surface area contributed by atoms with Crippen molar-refractivity contribution in [3.05, 3.63) is 65.7 Å². The summed E-state index contributed by atoms with van der Waals surface area (Å²) in [5.74, 6) is 0.135. The number of amides is 1. The highest BCUT2D eigenvalue weighted by molar-refractivity contribution is 5.76. The second-order valence-corrected chi connectivity index (χ2v) is 6.43. The number of rotatable bonds is 6. The zero-order valence-corrected chi connectivity index (χ0v) is 14.2. The molecule has 0 radical (unpaired) electrons. The quantitative estimate of drug-likeness (QED) is 0.872. The molecule has 25 heavy (non-hydrogen) atoms. The Morgan fingerprint density at radius 1 is 1.28 bits per heavy atom. The molecule has 4 nitrogen and oxygen atoms in total. The van der Waals surface area contributed by atoms with E-state index in [-0.39, 0.29) is 17.8 Å². The number of hydrogen-bond acceptors (Lipinski definition) is 3. The van der Waals surface area contributed by atoms with Gasteiger partial charge in [0, 0.05) is 25.8 Å². The van der Waals surface area contributed by atoms with Gasteiger partial charge in [-0.15, -0.1) is 0 Å². The first-order valence-corrected chi connectivity index (χ1v) is 8.76. The van der Waals surface area contributed by atoms with E-state index in [1.54, 1.807) is 18.3 Å². The van der Waals surface area contributed by atoms with E-state index in [0.29, 0.717) is 12.3 Å². The second-order valence-electron chi connectivity index (χ2n) is 6.43. The van der Waals surface area contributed by atoms with Crippen molar-refractivity contribution in [2.45, 2.75) is 31.7 Å². The number of halogens is 1. The molecule has 1 aliphatic heterocycles. The summed E-state index contributed by atoms with van der Waals surface area (Å²) in [6, 6.07) is 11.4. The van der Waals surface area contributed by atoms with E-state index in [1.165, 1.54) is 12.1 Å². The monoisotopic (exact) mass is 342 g/mol. The Bertz CT molecular complexity index is 670. The van der Waals surface area contributed by atoms with Gasteiger partial charge in [-0.2, -0.15) is 0 Å². The average molecular weight is 342 g/mol. The molecule has 0 spiro atoms. The van der Waals surface area contributed by atoms with E-state index < -0.39 is 0 Å². The van der Waals surface area contributed by atoms with Crippen LogP contribution in [-0.4, -0.2) is 24.1 Å². The van der Waals surface area contributed by atoms with E-state index in [4.69, 9.17) is 4.74 Å². The number of benzene rings is 1. The topological polar surface area (TPSA) is 51.2 Å². The summed E-state index contributed by atoms with van der Waals surface area (Å²) in [4.78, 5) is 16.8. The first-order chi connectivity index (χ1) is 12.2. The zero-order chi connectivity index (χ0) is 17.5. The van der Waals surface area contributed by atoms with E-state index in [0.717, 1.165) is 43.7 Å². The minimum atomic E-state index is -0.378. The predicted octanol–water partition coefficient (Wildman–Crippen LogP) is 3.63. The molecule has 1 aromatic carbocycles. The zero-order valence-electron chi connectivity index (χ0n) is 14.2. The summed E-state index contributed by atoms with van der Waals surface area (Å²) in [6.07, 6.45) is 5.16. The van der Waals surface area contributed by atoms with Gasteiger partial charge in [0.1, 0.15) is 5.82 Å². The number of carbonyl (C=O) groups excluding carboxylic acids is 1. The molecule has 2 heterocycles. The van der Waals surface area contributed by atoms with Gasteiger partial charge in [0.25, 0.3) is 0 Å². The molecule has 2 atom stereocenters. The molecule has 0 saturated carbocycles. The summed E-state index contributed by atoms with van der Waals surface area (Å²) in [5, 5.41) is 3.04. The molecule has 0 aliphatic carbocycles. The summed E-state index contributed by atoms with van der Waals surface area (Å²) in [5.41, 5.74) is 1.55. The molecule has 1 amide bonds. The molecule has 1 N–H and O–H groups in total. The molecular formula is C20H23FN2O2. The number of nitrogens with one attached hydrogen (secondary N) is 1. The predicted molar refractivity (Wildman–Crippen MR) is 93.4 cm³/mol. The second kappa shape index (κ2) is 8.72. The van der Waals surface area contributed by atoms with Gasteiger partial charge in [0.2, 0.25) is 5.91 Å². The molecule has 1 saturated heterocycles. The van der Waals surface area contributed by atoms with Crippen LogP contribution in [-0.2, 0) is 9.53 Å². The molecule has 1 fully saturated rings. The minimum absolute atomic E-state index is 0.0226. The van der Waals surface area contributed by atoms with Gasteiger partial charge in [-0.1, -0.05) is 18.2 Å². The maximum Gasteiger partial charge on any atom is 0.220 e. The number of carbonyl (C=O) groups is 1. The highest BCUT2D eigenvalue weighted by Crippen LogP contribution is 2.22. The highest BCUT2D eigenvalue weighted by Gasteiger charge is 2.20. The van der Waals surface area contributed by atoms with Crippen LogP contribution in [0.5, 0.6) is 0 Å². The van der Waals surface area contributed by atoms with E-state index >= 15 is 0 Å². The van der Waals surface area contributed by atoms with E-state index in [9.17, 15) is 9.18 Å². The Labute approximate surface area is 147 Å². The number of aromatic nitrogens is 1. The summed E-state index contributed by atoms with van der Waals surface area (Å²) >= 11 is 0. The summed E-state index contributed by atoms with van der Waals surface area (Å²) < 4.78 is 18.7. The average Bonchev–Trinajstić information content (AvgIpc) is 2.67. The Morgan fingerprint density at radius 2 is 2.12 bits per heavy atom. The molecule has 1 aromatic heterocycles. The van der Waals surface area contributed by atoms with Crippen molar-refractivity contribution in [2.24, 2.45) is 5.92 Å². The molecule has 132 valence electrons. The van der Waals surface area contributed by atoms with Crippen LogP contribution in [0.1, 0.15) is 43.0 Å². The lowest BCUT2D eigenvalue weighted by atomic mass is 9.96. The van der Waals surface area contributed by atoms with Crippen LogP contribution in [0, 0.1) is 11.7 Å². The van der Waals surface area contributed by atoms with Crippen molar-refractivity contribution in [3.63, 3.8) is 0 Å². The molecule has 5 heteroatoms. The largest absolute Gasteiger partial charge is 0.381 e. The first-order valence-electron chi connectivity index (χ1n) is 8.76. The van der Waals surface area contributed by atoms with Crippen molar-refractivity contribution < 1.29 is 13.9 Å². The van der Waals surface area contributed by atoms with Gasteiger partial charge in [-0.25, -0.2) is 4.39 Å². The van der Waals surface area contributed by atoms with Gasteiger partial charge in [-0.3, -0.25) is 9.78 Å². The molecule has 1 aliphatic rings. The fraction of sp³-hybridized carbons (Fsp3) is 0.400. The van der Waals surface area contributed by atoms with Crippen LogP contribution >= 0.6 is 0 Å². The normalized spacial score (nSPS) is 18.5. The molecule has 0 unspecified atom stereocenters. The highest BCUT2D eigenvalue weighted by atomic mass is 19.1. The molecule has 0 bridgehead atoms. The lowest BCUT2D eigenvalue weighted by molar-refractivity contribution is -0.122. The van der Waals surface area contributed by atoms with E-state index in [1.807, 2.05) is 18.2 Å². The third kappa shape index (κ3) is 5.10. The maximum absolute atomic E-state index is 13.2. The van der Waals surface area contributed by atoms with Crippen LogP contribution in [0.2, 0.25) is 0 Å². The van der Waals surface area contributed by atoms with Crippen molar-refractivity contribution >= 4 is 5.91 Å². The number of hydrogen-bond donors (Lipinski definition) is 1. The number of pyridine rings is 1. The van der Waals surface area contributed by atoms with Gasteiger partial charge < -0.3 is 10.1 Å². The lowest BCUT2D eigenvalue weighted by Crippen LogP contribution is -2.30. The Kier molecular flexibility index (Phi) is 6.12. The molecule has 2 aromatic rings. The summed E-state index contributed by atoms with van der Waals surface area (Å²) in [7, 11) is 0. The Hall–Kier alpha value is -2.27. The third-order valence-electron chi connectivity index (χ3n) is 4.53. The smallest absolute Gasteiger partial charge is 0.220 e. The van der Waals surface area contributed by atoms with Crippen LogP contribution in [0.25, 0.3) is 0 Å². The van der Waals surface area contributed by atoms with Crippen molar-refractivity contribution in [1.29, 1.82) is 0 Å². The van der Waals surface area contributed by atoms with Crippen molar-refractivity contribution in [2.75, 3.05) is 13.2 Å². The minimum Gasteiger partial charge on any atom is -0.381 e. The van der Waals surface area contributed by atoms with Gasteiger partial charge >= 0.3 is 0 Å². The van der Waals surface area contributed by atoms with Gasteiger partial charge in [0.15, 0.2) is 0 Å². The fourth-order valence-electron chi connectivity index (χ4n) is 3.13. The molecule has 3 rings (SSSR count). The summed E-state index contributed by atoms with van der Waals surface area (Å²) in [6.45, 7) is 1.57. The Balaban J connectivity index is 1.66. The molecular weight excluding hydrogens is 319 g/mol. The van der Waals surface area contributed by atoms with Gasteiger partial charge in [-0.05, 0) is 55.0 Å². The maximum atomic E-state index is 13.2. The van der Waals surface area contributed by atoms with Crippen LogP contribution in [0.4, 0.5) is 4.39 Å². The first kappa shape index (κ1) is 17.5. The number of nitrogens with zero attached hydrogens (tertiary/aromatic N) is 1. The van der Waals surface area contributed by atoms with Crippen LogP contribution < -0.4 is 5.32 Å². The van der Waals surface area contributed by atoms with Crippen molar-refractivity contribution in [1.82, 2.24) is 10.3 Å². The van der Waals surface area contributed by atoms with E-state index in [2.05, 4.69) is 10.3 Å². The van der Waals surface area contributed by atoms with Gasteiger partial charge in [0.05, 0.1) is 11.7 Å². The van der Waals surface area contributed by atoms with Crippen LogP contribution in [0.3, 0.4) is 0 Å². The number of ether oxygens (including phenoxy) is 1.